The van der Waals surface area contributed by atoms with E-state index in [9.17, 15) is 0 Å². The summed E-state index contributed by atoms with van der Waals surface area (Å²) in [5.74, 6) is 0. The molecule has 0 bridgehead atoms. The van der Waals surface area contributed by atoms with Crippen molar-refractivity contribution in [1.29, 1.82) is 0 Å². The highest BCUT2D eigenvalue weighted by Crippen LogP contribution is 2.03. The molecular weight excluding hydrogens is 116 g/mol. The molecule has 9 heavy (non-hydrogen) atoms. The Kier molecular flexibility index (Phi) is 5.99. The zero-order valence-electron chi connectivity index (χ0n) is 5.71. The molecule has 0 saturated carbocycles. The average Bonchev–Trinajstić information content (AvgIpc) is 1.80. The van der Waals surface area contributed by atoms with Gasteiger partial charge in [-0.2, -0.15) is 0 Å². The molecule has 2 heteroatoms. The van der Waals surface area contributed by atoms with Crippen LogP contribution in [0.1, 0.15) is 32.1 Å². The molecule has 0 saturated heterocycles. The van der Waals surface area contributed by atoms with Crippen LogP contribution in [0, 0.1) is 6.92 Å². The van der Waals surface area contributed by atoms with Crippen LogP contribution >= 0.6 is 0 Å². The van der Waals surface area contributed by atoms with Crippen LogP contribution in [0.25, 0.3) is 0 Å². The van der Waals surface area contributed by atoms with E-state index < -0.39 is 6.29 Å². The Morgan fingerprint density at radius 2 is 1.78 bits per heavy atom. The monoisotopic (exact) mass is 131 g/mol. The Bertz CT molecular complexity index is 52.9. The minimum absolute atomic E-state index is 0.500. The zero-order valence-corrected chi connectivity index (χ0v) is 5.71. The van der Waals surface area contributed by atoms with E-state index in [1.807, 2.05) is 0 Å². The van der Waals surface area contributed by atoms with Crippen LogP contribution in [0.2, 0.25) is 0 Å². The third-order valence-corrected chi connectivity index (χ3v) is 1.21. The van der Waals surface area contributed by atoms with Gasteiger partial charge < -0.3 is 10.2 Å². The van der Waals surface area contributed by atoms with Gasteiger partial charge >= 0.3 is 0 Å². The van der Waals surface area contributed by atoms with Gasteiger partial charge in [0.1, 0.15) is 0 Å². The van der Waals surface area contributed by atoms with Crippen molar-refractivity contribution < 1.29 is 10.2 Å². The first-order valence-corrected chi connectivity index (χ1v) is 3.42. The van der Waals surface area contributed by atoms with Crippen molar-refractivity contribution in [2.75, 3.05) is 0 Å². The van der Waals surface area contributed by atoms with Crippen LogP contribution in [0.4, 0.5) is 0 Å². The van der Waals surface area contributed by atoms with E-state index in [1.54, 1.807) is 0 Å². The summed E-state index contributed by atoms with van der Waals surface area (Å²) in [7, 11) is 0. The summed E-state index contributed by atoms with van der Waals surface area (Å²) in [4.78, 5) is 0. The van der Waals surface area contributed by atoms with Gasteiger partial charge in [-0.25, -0.2) is 0 Å². The maximum Gasteiger partial charge on any atom is 0.151 e. The predicted molar refractivity (Wildman–Crippen MR) is 36.7 cm³/mol. The molecule has 0 aliphatic heterocycles. The summed E-state index contributed by atoms with van der Waals surface area (Å²) in [6.07, 6.45) is 3.37. The molecule has 0 aliphatic carbocycles. The van der Waals surface area contributed by atoms with Gasteiger partial charge in [-0.3, -0.25) is 0 Å². The van der Waals surface area contributed by atoms with Gasteiger partial charge in [-0.1, -0.05) is 26.2 Å². The van der Waals surface area contributed by atoms with Crippen LogP contribution in [-0.2, 0) is 0 Å². The highest BCUT2D eigenvalue weighted by Gasteiger charge is 1.94. The van der Waals surface area contributed by atoms with E-state index in [0.29, 0.717) is 6.42 Å². The number of hydrogen-bond acceptors (Lipinski definition) is 2. The lowest BCUT2D eigenvalue weighted by atomic mass is 10.1. The second-order valence-corrected chi connectivity index (χ2v) is 2.18. The number of aliphatic hydroxyl groups excluding tert-OH is 1. The lowest BCUT2D eigenvalue weighted by molar-refractivity contribution is -0.0465. The molecule has 55 valence electrons. The average molecular weight is 131 g/mol. The van der Waals surface area contributed by atoms with Gasteiger partial charge in [-0.15, -0.1) is 0 Å². The van der Waals surface area contributed by atoms with Crippen LogP contribution in [-0.4, -0.2) is 16.5 Å². The molecule has 0 heterocycles. The van der Waals surface area contributed by atoms with Crippen molar-refractivity contribution in [2.24, 2.45) is 0 Å². The highest BCUT2D eigenvalue weighted by molar-refractivity contribution is 4.45. The molecule has 2 nitrogen and oxygen atoms in total. The molecule has 0 aromatic carbocycles. The van der Waals surface area contributed by atoms with Gasteiger partial charge in [0.2, 0.25) is 0 Å². The van der Waals surface area contributed by atoms with Crippen LogP contribution in [0.15, 0.2) is 0 Å². The number of rotatable bonds is 5. The van der Waals surface area contributed by atoms with E-state index in [0.717, 1.165) is 25.7 Å². The number of unbranched alkanes of at least 4 members (excludes halogenated alkanes) is 3. The first kappa shape index (κ1) is 8.92. The van der Waals surface area contributed by atoms with Crippen molar-refractivity contribution in [3.8, 4) is 0 Å². The Balaban J connectivity index is 2.75. The summed E-state index contributed by atoms with van der Waals surface area (Å²) in [5, 5.41) is 16.8. The van der Waals surface area contributed by atoms with E-state index >= 15 is 0 Å². The van der Waals surface area contributed by atoms with E-state index in [1.165, 1.54) is 0 Å². The molecule has 0 spiro atoms. The fourth-order valence-corrected chi connectivity index (χ4v) is 0.680. The lowest BCUT2D eigenvalue weighted by Gasteiger charge is -2.00. The van der Waals surface area contributed by atoms with Crippen molar-refractivity contribution in [3.05, 3.63) is 6.92 Å². The Labute approximate surface area is 56.5 Å². The van der Waals surface area contributed by atoms with Gasteiger partial charge in [0.15, 0.2) is 6.29 Å². The van der Waals surface area contributed by atoms with Gasteiger partial charge in [-0.05, 0) is 12.8 Å². The largest absolute Gasteiger partial charge is 0.368 e. The third kappa shape index (κ3) is 7.92. The molecule has 0 aromatic heterocycles. The van der Waals surface area contributed by atoms with E-state index in [-0.39, 0.29) is 0 Å². The molecule has 1 radical (unpaired) electrons. The second-order valence-electron chi connectivity index (χ2n) is 2.18. The SMILES string of the molecule is [CH2]CCCCCC(O)O. The summed E-state index contributed by atoms with van der Waals surface area (Å²) in [6, 6.07) is 0. The zero-order chi connectivity index (χ0) is 7.11. The molecule has 2 N–H and O–H groups in total. The smallest absolute Gasteiger partial charge is 0.151 e. The molecule has 0 amide bonds. The van der Waals surface area contributed by atoms with Gasteiger partial charge in [0.25, 0.3) is 0 Å². The fourth-order valence-electron chi connectivity index (χ4n) is 0.680. The third-order valence-electron chi connectivity index (χ3n) is 1.21. The first-order valence-electron chi connectivity index (χ1n) is 3.42. The van der Waals surface area contributed by atoms with Crippen molar-refractivity contribution >= 4 is 0 Å². The molecule has 0 fully saturated rings. The molecule has 0 unspecified atom stereocenters. The molecule has 0 rings (SSSR count). The van der Waals surface area contributed by atoms with Gasteiger partial charge in [0.05, 0.1) is 0 Å². The Morgan fingerprint density at radius 1 is 1.11 bits per heavy atom. The predicted octanol–water partition coefficient (Wildman–Crippen LogP) is 1.08. The normalized spacial score (nSPS) is 10.7. The maximum atomic E-state index is 8.39. The minimum atomic E-state index is -1.12. The summed E-state index contributed by atoms with van der Waals surface area (Å²) >= 11 is 0. The Hall–Kier alpha value is -0.0800. The number of aliphatic hydroxyl groups is 2. The second kappa shape index (κ2) is 6.05. The van der Waals surface area contributed by atoms with E-state index in [2.05, 4.69) is 6.92 Å². The van der Waals surface area contributed by atoms with Crippen LogP contribution in [0.5, 0.6) is 0 Å². The number of hydrogen-bond donors (Lipinski definition) is 2. The van der Waals surface area contributed by atoms with E-state index in [4.69, 9.17) is 10.2 Å². The van der Waals surface area contributed by atoms with Crippen LogP contribution < -0.4 is 0 Å². The first-order chi connectivity index (χ1) is 4.27. The maximum absolute atomic E-state index is 8.39. The molecule has 0 aromatic rings. The molecule has 0 atom stereocenters. The van der Waals surface area contributed by atoms with Crippen molar-refractivity contribution in [3.63, 3.8) is 0 Å². The highest BCUT2D eigenvalue weighted by atomic mass is 16.5. The molecule has 0 aliphatic rings. The Morgan fingerprint density at radius 3 is 2.22 bits per heavy atom. The van der Waals surface area contributed by atoms with Gasteiger partial charge in [0, 0.05) is 0 Å². The molecular formula is C7H15O2. The minimum Gasteiger partial charge on any atom is -0.368 e. The summed E-state index contributed by atoms with van der Waals surface area (Å²) in [6.45, 7) is 3.68. The van der Waals surface area contributed by atoms with Crippen molar-refractivity contribution in [2.45, 2.75) is 38.4 Å². The van der Waals surface area contributed by atoms with Crippen LogP contribution in [0.3, 0.4) is 0 Å². The van der Waals surface area contributed by atoms with Crippen molar-refractivity contribution in [1.82, 2.24) is 0 Å². The summed E-state index contributed by atoms with van der Waals surface area (Å²) in [5.41, 5.74) is 0. The fraction of sp³-hybridized carbons (Fsp3) is 0.857. The topological polar surface area (TPSA) is 40.5 Å². The standard InChI is InChI=1S/C7H15O2/c1-2-3-4-5-6-7(8)9/h7-9H,1-6H2. The lowest BCUT2D eigenvalue weighted by Crippen LogP contribution is -2.02. The summed E-state index contributed by atoms with van der Waals surface area (Å²) < 4.78 is 0. The quantitative estimate of drug-likeness (QED) is 0.433.